The van der Waals surface area contributed by atoms with Crippen LogP contribution in [-0.2, 0) is 0 Å². The summed E-state index contributed by atoms with van der Waals surface area (Å²) in [6.07, 6.45) is 0.653. The number of amides is 1. The van der Waals surface area contributed by atoms with Gasteiger partial charge in [0.1, 0.15) is 11.4 Å². The van der Waals surface area contributed by atoms with E-state index in [1.165, 1.54) is 6.07 Å². The zero-order valence-electron chi connectivity index (χ0n) is 13.8. The lowest BCUT2D eigenvalue weighted by Gasteiger charge is -2.26. The van der Waals surface area contributed by atoms with Gasteiger partial charge in [0.15, 0.2) is 0 Å². The molecule has 1 amide bonds. The lowest BCUT2D eigenvalue weighted by Crippen LogP contribution is -2.32. The number of para-hydroxylation sites is 1. The Bertz CT molecular complexity index is 807. The fourth-order valence-corrected chi connectivity index (χ4v) is 2.90. The second-order valence-electron chi connectivity index (χ2n) is 5.72. The zero-order chi connectivity index (χ0) is 17.8. The molecule has 2 aromatic carbocycles. The third-order valence-corrected chi connectivity index (χ3v) is 4.09. The van der Waals surface area contributed by atoms with Crippen LogP contribution in [0.25, 0.3) is 0 Å². The van der Waals surface area contributed by atoms with Gasteiger partial charge in [0, 0.05) is 30.2 Å². The van der Waals surface area contributed by atoms with E-state index < -0.39 is 4.92 Å². The summed E-state index contributed by atoms with van der Waals surface area (Å²) in [5.74, 6) is 0.417. The fourth-order valence-electron chi connectivity index (χ4n) is 2.90. The number of rotatable bonds is 5. The van der Waals surface area contributed by atoms with Crippen molar-refractivity contribution >= 4 is 17.3 Å². The topological polar surface area (TPSA) is 93.5 Å². The quantitative estimate of drug-likeness (QED) is 0.643. The van der Waals surface area contributed by atoms with Crippen molar-refractivity contribution < 1.29 is 14.5 Å². The van der Waals surface area contributed by atoms with E-state index >= 15 is 0 Å². The minimum Gasteiger partial charge on any atom is -0.493 e. The lowest BCUT2D eigenvalue weighted by atomic mass is 10.00. The van der Waals surface area contributed by atoms with Crippen molar-refractivity contribution in [3.63, 3.8) is 0 Å². The summed E-state index contributed by atoms with van der Waals surface area (Å²) in [5, 5.41) is 17.1. The Hall–Kier alpha value is -3.09. The molecule has 1 unspecified atom stereocenters. The average Bonchev–Trinajstić information content (AvgIpc) is 2.62. The predicted molar refractivity (Wildman–Crippen MR) is 94.0 cm³/mol. The monoisotopic (exact) mass is 341 g/mol. The number of anilines is 1. The molecule has 0 aliphatic carbocycles. The van der Waals surface area contributed by atoms with E-state index in [1.54, 1.807) is 12.1 Å². The van der Waals surface area contributed by atoms with Gasteiger partial charge in [-0.2, -0.15) is 0 Å². The van der Waals surface area contributed by atoms with Crippen molar-refractivity contribution in [1.29, 1.82) is 0 Å². The van der Waals surface area contributed by atoms with Gasteiger partial charge in [-0.3, -0.25) is 14.9 Å². The summed E-state index contributed by atoms with van der Waals surface area (Å²) in [6, 6.07) is 11.8. The Morgan fingerprint density at radius 2 is 2.12 bits per heavy atom. The van der Waals surface area contributed by atoms with E-state index in [0.717, 1.165) is 11.3 Å². The van der Waals surface area contributed by atoms with Crippen LogP contribution in [0, 0.1) is 10.1 Å². The van der Waals surface area contributed by atoms with Crippen LogP contribution in [0.1, 0.15) is 35.3 Å². The molecule has 25 heavy (non-hydrogen) atoms. The standard InChI is InChI=1S/C18H19N3O4/c1-2-19-15-8-7-12(11-16(15)21(23)24)18(22)20-14-9-10-25-17-6-4-3-5-13(14)17/h3-8,11,14,19H,2,9-10H2,1H3,(H,20,22). The molecule has 0 fully saturated rings. The average molecular weight is 341 g/mol. The number of carbonyl (C=O) groups is 1. The molecule has 3 rings (SSSR count). The highest BCUT2D eigenvalue weighted by Crippen LogP contribution is 2.32. The van der Waals surface area contributed by atoms with Crippen molar-refractivity contribution in [3.8, 4) is 5.75 Å². The van der Waals surface area contributed by atoms with Gasteiger partial charge >= 0.3 is 0 Å². The molecule has 1 aliphatic rings. The van der Waals surface area contributed by atoms with Gasteiger partial charge in [-0.15, -0.1) is 0 Å². The van der Waals surface area contributed by atoms with Crippen LogP contribution < -0.4 is 15.4 Å². The zero-order valence-corrected chi connectivity index (χ0v) is 13.8. The number of benzene rings is 2. The molecule has 7 heteroatoms. The van der Waals surface area contributed by atoms with Gasteiger partial charge in [-0.25, -0.2) is 0 Å². The van der Waals surface area contributed by atoms with Crippen molar-refractivity contribution in [2.24, 2.45) is 0 Å². The number of nitrogens with one attached hydrogen (secondary N) is 2. The summed E-state index contributed by atoms with van der Waals surface area (Å²) in [4.78, 5) is 23.3. The lowest BCUT2D eigenvalue weighted by molar-refractivity contribution is -0.384. The van der Waals surface area contributed by atoms with E-state index in [9.17, 15) is 14.9 Å². The molecular weight excluding hydrogens is 322 g/mol. The van der Waals surface area contributed by atoms with Gasteiger partial charge in [0.05, 0.1) is 17.6 Å². The summed E-state index contributed by atoms with van der Waals surface area (Å²) in [5.41, 5.74) is 1.47. The van der Waals surface area contributed by atoms with Crippen molar-refractivity contribution in [3.05, 3.63) is 63.7 Å². The third kappa shape index (κ3) is 3.55. The van der Waals surface area contributed by atoms with Crippen LogP contribution >= 0.6 is 0 Å². The number of hydrogen-bond donors (Lipinski definition) is 2. The Labute approximate surface area is 145 Å². The Balaban J connectivity index is 1.83. The highest BCUT2D eigenvalue weighted by Gasteiger charge is 2.24. The molecule has 1 heterocycles. The number of ether oxygens (including phenoxy) is 1. The van der Waals surface area contributed by atoms with Crippen LogP contribution in [0.3, 0.4) is 0 Å². The fraction of sp³-hybridized carbons (Fsp3) is 0.278. The number of carbonyl (C=O) groups excluding carboxylic acids is 1. The van der Waals surface area contributed by atoms with Crippen LogP contribution in [0.2, 0.25) is 0 Å². The van der Waals surface area contributed by atoms with Crippen LogP contribution in [-0.4, -0.2) is 24.0 Å². The number of fused-ring (bicyclic) bond motifs is 1. The first-order valence-corrected chi connectivity index (χ1v) is 8.15. The van der Waals surface area contributed by atoms with Crippen LogP contribution in [0.15, 0.2) is 42.5 Å². The summed E-state index contributed by atoms with van der Waals surface area (Å²) in [7, 11) is 0. The number of nitro benzene ring substituents is 1. The molecule has 0 bridgehead atoms. The predicted octanol–water partition coefficient (Wildman–Crippen LogP) is 3.28. The Kier molecular flexibility index (Phi) is 4.83. The maximum absolute atomic E-state index is 12.6. The SMILES string of the molecule is CCNc1ccc(C(=O)NC2CCOc3ccccc32)cc1[N+](=O)[O-]. The van der Waals surface area contributed by atoms with Crippen LogP contribution in [0.4, 0.5) is 11.4 Å². The summed E-state index contributed by atoms with van der Waals surface area (Å²) in [6.45, 7) is 2.93. The van der Waals surface area contributed by atoms with E-state index in [0.29, 0.717) is 25.3 Å². The molecule has 1 atom stereocenters. The molecular formula is C18H19N3O4. The maximum Gasteiger partial charge on any atom is 0.293 e. The van der Waals surface area contributed by atoms with Crippen molar-refractivity contribution in [2.75, 3.05) is 18.5 Å². The number of nitrogens with zero attached hydrogens (tertiary/aromatic N) is 1. The molecule has 0 spiro atoms. The molecule has 130 valence electrons. The second-order valence-corrected chi connectivity index (χ2v) is 5.72. The number of nitro groups is 1. The molecule has 2 aromatic rings. The van der Waals surface area contributed by atoms with Crippen molar-refractivity contribution in [1.82, 2.24) is 5.32 Å². The normalized spacial score (nSPS) is 15.6. The summed E-state index contributed by atoms with van der Waals surface area (Å²) < 4.78 is 5.59. The Morgan fingerprint density at radius 1 is 1.32 bits per heavy atom. The smallest absolute Gasteiger partial charge is 0.293 e. The first-order chi connectivity index (χ1) is 12.1. The van der Waals surface area contributed by atoms with Gasteiger partial charge in [0.2, 0.25) is 0 Å². The molecule has 0 aromatic heterocycles. The molecule has 7 nitrogen and oxygen atoms in total. The largest absolute Gasteiger partial charge is 0.493 e. The van der Waals surface area contributed by atoms with E-state index in [4.69, 9.17) is 4.74 Å². The van der Waals surface area contributed by atoms with Gasteiger partial charge in [-0.05, 0) is 25.1 Å². The van der Waals surface area contributed by atoms with Gasteiger partial charge < -0.3 is 15.4 Å². The highest BCUT2D eigenvalue weighted by atomic mass is 16.6. The van der Waals surface area contributed by atoms with Gasteiger partial charge in [-0.1, -0.05) is 18.2 Å². The Morgan fingerprint density at radius 3 is 2.88 bits per heavy atom. The van der Waals surface area contributed by atoms with E-state index in [1.807, 2.05) is 31.2 Å². The molecule has 2 N–H and O–H groups in total. The van der Waals surface area contributed by atoms with Crippen molar-refractivity contribution in [2.45, 2.75) is 19.4 Å². The minimum absolute atomic E-state index is 0.109. The van der Waals surface area contributed by atoms with Crippen LogP contribution in [0.5, 0.6) is 5.75 Å². The van der Waals surface area contributed by atoms with Gasteiger partial charge in [0.25, 0.3) is 11.6 Å². The summed E-state index contributed by atoms with van der Waals surface area (Å²) >= 11 is 0. The second kappa shape index (κ2) is 7.21. The van der Waals surface area contributed by atoms with E-state index in [2.05, 4.69) is 10.6 Å². The third-order valence-electron chi connectivity index (χ3n) is 4.09. The highest BCUT2D eigenvalue weighted by molar-refractivity contribution is 5.96. The number of hydrogen-bond acceptors (Lipinski definition) is 5. The van der Waals surface area contributed by atoms with E-state index in [-0.39, 0.29) is 23.2 Å². The molecule has 0 saturated heterocycles. The maximum atomic E-state index is 12.6. The molecule has 0 saturated carbocycles. The first kappa shape index (κ1) is 16.8. The molecule has 0 radical (unpaired) electrons. The minimum atomic E-state index is -0.488. The first-order valence-electron chi connectivity index (χ1n) is 8.15. The molecule has 1 aliphatic heterocycles.